The average Bonchev–Trinajstić information content (AvgIpc) is 2.71. The number of nitrogens with one attached hydrogen (secondary N) is 1. The van der Waals surface area contributed by atoms with Gasteiger partial charge in [-0.25, -0.2) is 8.42 Å². The van der Waals surface area contributed by atoms with Crippen LogP contribution in [0.3, 0.4) is 0 Å². The first-order chi connectivity index (χ1) is 13.8. The number of sulfonamides is 1. The van der Waals surface area contributed by atoms with Gasteiger partial charge in [-0.1, -0.05) is 29.3 Å². The van der Waals surface area contributed by atoms with E-state index >= 15 is 0 Å². The van der Waals surface area contributed by atoms with Crippen molar-refractivity contribution in [2.45, 2.75) is 11.8 Å². The van der Waals surface area contributed by atoms with Gasteiger partial charge in [-0.3, -0.25) is 4.79 Å². The van der Waals surface area contributed by atoms with Crippen molar-refractivity contribution in [3.8, 4) is 5.75 Å². The van der Waals surface area contributed by atoms with E-state index in [0.717, 1.165) is 5.56 Å². The minimum Gasteiger partial charge on any atom is -0.482 e. The molecule has 0 unspecified atom stereocenters. The van der Waals surface area contributed by atoms with Gasteiger partial charge in [-0.05, 0) is 42.8 Å². The molecule has 0 bridgehead atoms. The van der Waals surface area contributed by atoms with E-state index in [1.165, 1.54) is 22.5 Å². The van der Waals surface area contributed by atoms with Crippen LogP contribution in [0.5, 0.6) is 5.75 Å². The lowest BCUT2D eigenvalue weighted by atomic mass is 10.2. The first-order valence-corrected chi connectivity index (χ1v) is 11.0. The minimum atomic E-state index is -3.71. The number of morpholine rings is 1. The standard InChI is InChI=1S/C19H20Cl2N2O5S/c1-13-2-4-16(21)18(10-13)28-12-19(24)22-17-11-14(3-5-15(17)20)29(25,26)23-6-8-27-9-7-23/h2-5,10-11H,6-9,12H2,1H3,(H,22,24). The summed E-state index contributed by atoms with van der Waals surface area (Å²) >= 11 is 12.2. The first-order valence-electron chi connectivity index (χ1n) is 8.83. The molecule has 29 heavy (non-hydrogen) atoms. The summed E-state index contributed by atoms with van der Waals surface area (Å²) in [6.07, 6.45) is 0. The minimum absolute atomic E-state index is 0.0433. The molecule has 1 aliphatic rings. The Balaban J connectivity index is 1.71. The smallest absolute Gasteiger partial charge is 0.262 e. The molecule has 1 heterocycles. The Hall–Kier alpha value is -1.84. The maximum Gasteiger partial charge on any atom is 0.262 e. The third kappa shape index (κ3) is 5.40. The molecule has 0 aromatic heterocycles. The van der Waals surface area contributed by atoms with Crippen molar-refractivity contribution in [3.05, 3.63) is 52.0 Å². The largest absolute Gasteiger partial charge is 0.482 e. The lowest BCUT2D eigenvalue weighted by molar-refractivity contribution is -0.118. The monoisotopic (exact) mass is 458 g/mol. The zero-order valence-corrected chi connectivity index (χ0v) is 18.0. The van der Waals surface area contributed by atoms with Crippen LogP contribution in [0.4, 0.5) is 5.69 Å². The van der Waals surface area contributed by atoms with Crippen molar-refractivity contribution in [2.75, 3.05) is 38.2 Å². The van der Waals surface area contributed by atoms with Crippen molar-refractivity contribution in [1.29, 1.82) is 0 Å². The molecule has 0 saturated carbocycles. The van der Waals surface area contributed by atoms with E-state index in [1.807, 2.05) is 13.0 Å². The van der Waals surface area contributed by atoms with E-state index in [4.69, 9.17) is 32.7 Å². The first kappa shape index (κ1) is 21.9. The van der Waals surface area contributed by atoms with E-state index in [0.29, 0.717) is 24.0 Å². The number of hydrogen-bond donors (Lipinski definition) is 1. The molecule has 2 aromatic rings. The Morgan fingerprint density at radius 2 is 1.83 bits per heavy atom. The highest BCUT2D eigenvalue weighted by Crippen LogP contribution is 2.28. The van der Waals surface area contributed by atoms with Crippen LogP contribution in [0.2, 0.25) is 10.0 Å². The van der Waals surface area contributed by atoms with Crippen LogP contribution >= 0.6 is 23.2 Å². The number of carbonyl (C=O) groups is 1. The normalized spacial score (nSPS) is 15.1. The molecule has 0 radical (unpaired) electrons. The molecule has 1 saturated heterocycles. The SMILES string of the molecule is Cc1ccc(Cl)c(OCC(=O)Nc2cc(S(=O)(=O)N3CCOCC3)ccc2Cl)c1. The number of benzene rings is 2. The van der Waals surface area contributed by atoms with Gasteiger partial charge in [0.05, 0.1) is 33.8 Å². The van der Waals surface area contributed by atoms with Crippen molar-refractivity contribution in [2.24, 2.45) is 0 Å². The molecule has 0 spiro atoms. The van der Waals surface area contributed by atoms with Gasteiger partial charge in [0.1, 0.15) is 5.75 Å². The fraction of sp³-hybridized carbons (Fsp3) is 0.316. The Morgan fingerprint density at radius 1 is 1.14 bits per heavy atom. The van der Waals surface area contributed by atoms with E-state index in [-0.39, 0.29) is 35.3 Å². The van der Waals surface area contributed by atoms with Gasteiger partial charge in [-0.2, -0.15) is 4.31 Å². The van der Waals surface area contributed by atoms with Crippen molar-refractivity contribution >= 4 is 44.8 Å². The molecular weight excluding hydrogens is 439 g/mol. The number of halogens is 2. The Labute approximate surface area is 179 Å². The molecule has 0 aliphatic carbocycles. The second-order valence-electron chi connectivity index (χ2n) is 6.43. The summed E-state index contributed by atoms with van der Waals surface area (Å²) in [5.41, 5.74) is 1.12. The topological polar surface area (TPSA) is 84.9 Å². The Bertz CT molecular complexity index is 1010. The lowest BCUT2D eigenvalue weighted by Gasteiger charge is -2.26. The fourth-order valence-electron chi connectivity index (χ4n) is 2.75. The third-order valence-corrected chi connectivity index (χ3v) is 6.80. The predicted octanol–water partition coefficient (Wildman–Crippen LogP) is 3.34. The zero-order valence-electron chi connectivity index (χ0n) is 15.7. The van der Waals surface area contributed by atoms with Crippen molar-refractivity contribution < 1.29 is 22.7 Å². The summed E-state index contributed by atoms with van der Waals surface area (Å²) < 4.78 is 37.6. The number of rotatable bonds is 6. The second kappa shape index (κ2) is 9.32. The third-order valence-electron chi connectivity index (χ3n) is 4.27. The van der Waals surface area contributed by atoms with E-state index in [2.05, 4.69) is 5.32 Å². The highest BCUT2D eigenvalue weighted by atomic mass is 35.5. The van der Waals surface area contributed by atoms with Gasteiger partial charge >= 0.3 is 0 Å². The summed E-state index contributed by atoms with van der Waals surface area (Å²) in [5, 5.41) is 3.19. The summed E-state index contributed by atoms with van der Waals surface area (Å²) in [7, 11) is -3.71. The van der Waals surface area contributed by atoms with E-state index in [1.54, 1.807) is 12.1 Å². The number of aryl methyl sites for hydroxylation is 1. The van der Waals surface area contributed by atoms with Gasteiger partial charge in [0, 0.05) is 13.1 Å². The Morgan fingerprint density at radius 3 is 2.55 bits per heavy atom. The van der Waals surface area contributed by atoms with Crippen LogP contribution in [0, 0.1) is 6.92 Å². The van der Waals surface area contributed by atoms with Gasteiger partial charge < -0.3 is 14.8 Å². The molecule has 3 rings (SSSR count). The number of hydrogen-bond acceptors (Lipinski definition) is 5. The number of nitrogens with zero attached hydrogens (tertiary/aromatic N) is 1. The summed E-state index contributed by atoms with van der Waals surface area (Å²) in [4.78, 5) is 12.3. The highest BCUT2D eigenvalue weighted by molar-refractivity contribution is 7.89. The molecule has 1 fully saturated rings. The number of amides is 1. The second-order valence-corrected chi connectivity index (χ2v) is 9.18. The molecule has 1 amide bonds. The van der Waals surface area contributed by atoms with Gasteiger partial charge in [-0.15, -0.1) is 0 Å². The molecule has 156 valence electrons. The van der Waals surface area contributed by atoms with Crippen molar-refractivity contribution in [1.82, 2.24) is 4.31 Å². The highest BCUT2D eigenvalue weighted by Gasteiger charge is 2.27. The van der Waals surface area contributed by atoms with E-state index in [9.17, 15) is 13.2 Å². The van der Waals surface area contributed by atoms with Gasteiger partial charge in [0.2, 0.25) is 10.0 Å². The molecule has 2 aromatic carbocycles. The zero-order chi connectivity index (χ0) is 21.0. The maximum atomic E-state index is 12.8. The fourth-order valence-corrected chi connectivity index (χ4v) is 4.52. The van der Waals surface area contributed by atoms with Crippen LogP contribution < -0.4 is 10.1 Å². The summed E-state index contributed by atoms with van der Waals surface area (Å²) in [6.45, 7) is 2.81. The molecular formula is C19H20Cl2N2O5S. The van der Waals surface area contributed by atoms with Crippen LogP contribution in [-0.2, 0) is 19.6 Å². The number of anilines is 1. The van der Waals surface area contributed by atoms with Crippen LogP contribution in [-0.4, -0.2) is 51.5 Å². The van der Waals surface area contributed by atoms with Gasteiger partial charge in [0.15, 0.2) is 6.61 Å². The summed E-state index contributed by atoms with van der Waals surface area (Å²) in [5.74, 6) is -0.109. The van der Waals surface area contributed by atoms with Crippen LogP contribution in [0.15, 0.2) is 41.3 Å². The Kier molecular flexibility index (Phi) is 7.02. The molecule has 10 heteroatoms. The van der Waals surface area contributed by atoms with Crippen LogP contribution in [0.25, 0.3) is 0 Å². The molecule has 1 aliphatic heterocycles. The van der Waals surface area contributed by atoms with Gasteiger partial charge in [0.25, 0.3) is 5.91 Å². The van der Waals surface area contributed by atoms with Crippen molar-refractivity contribution in [3.63, 3.8) is 0 Å². The average molecular weight is 459 g/mol. The number of carbonyl (C=O) groups excluding carboxylic acids is 1. The quantitative estimate of drug-likeness (QED) is 0.717. The molecule has 7 nitrogen and oxygen atoms in total. The molecule has 1 N–H and O–H groups in total. The van der Waals surface area contributed by atoms with Crippen LogP contribution in [0.1, 0.15) is 5.56 Å². The number of ether oxygens (including phenoxy) is 2. The summed E-state index contributed by atoms with van der Waals surface area (Å²) in [6, 6.07) is 9.41. The predicted molar refractivity (Wildman–Crippen MR) is 111 cm³/mol. The maximum absolute atomic E-state index is 12.8. The lowest BCUT2D eigenvalue weighted by Crippen LogP contribution is -2.40. The molecule has 0 atom stereocenters. The van der Waals surface area contributed by atoms with E-state index < -0.39 is 15.9 Å².